The number of nitrogens with one attached hydrogen (secondary N) is 1. The van der Waals surface area contributed by atoms with Gasteiger partial charge in [-0.3, -0.25) is 4.79 Å². The van der Waals surface area contributed by atoms with E-state index in [0.29, 0.717) is 29.6 Å². The highest BCUT2D eigenvalue weighted by Crippen LogP contribution is 2.31. The van der Waals surface area contributed by atoms with Crippen molar-refractivity contribution in [2.75, 3.05) is 7.05 Å². The van der Waals surface area contributed by atoms with Crippen molar-refractivity contribution < 1.29 is 15.0 Å². The first-order valence-corrected chi connectivity index (χ1v) is 8.59. The zero-order valence-electron chi connectivity index (χ0n) is 15.2. The lowest BCUT2D eigenvalue weighted by Gasteiger charge is -2.15. The van der Waals surface area contributed by atoms with E-state index in [1.54, 1.807) is 17.6 Å². The summed E-state index contributed by atoms with van der Waals surface area (Å²) in [6.07, 6.45) is 1.77. The number of hydrogen-bond acceptors (Lipinski definition) is 4. The second-order valence-electron chi connectivity index (χ2n) is 6.39. The second kappa shape index (κ2) is 7.17. The van der Waals surface area contributed by atoms with Gasteiger partial charge in [-0.25, -0.2) is 4.98 Å². The molecule has 1 unspecified atom stereocenters. The molecule has 6 heteroatoms. The number of nitrogens with zero attached hydrogens (tertiary/aromatic N) is 2. The number of hydrogen-bond donors (Lipinski definition) is 3. The number of amides is 1. The Hall–Kier alpha value is -2.86. The first kappa shape index (κ1) is 17.9. The van der Waals surface area contributed by atoms with Gasteiger partial charge >= 0.3 is 0 Å². The lowest BCUT2D eigenvalue weighted by Crippen LogP contribution is -2.21. The van der Waals surface area contributed by atoms with E-state index in [1.165, 1.54) is 0 Å². The number of aliphatic hydroxyl groups is 1. The van der Waals surface area contributed by atoms with Gasteiger partial charge in [-0.1, -0.05) is 30.3 Å². The third-order valence-electron chi connectivity index (χ3n) is 4.79. The average molecular weight is 353 g/mol. The Balaban J connectivity index is 2.00. The molecule has 136 valence electrons. The summed E-state index contributed by atoms with van der Waals surface area (Å²) >= 11 is 0. The highest BCUT2D eigenvalue weighted by Gasteiger charge is 2.21. The van der Waals surface area contributed by atoms with Gasteiger partial charge in [-0.05, 0) is 32.3 Å². The van der Waals surface area contributed by atoms with Crippen LogP contribution in [0.25, 0.3) is 5.65 Å². The van der Waals surface area contributed by atoms with E-state index in [0.717, 1.165) is 17.0 Å². The Bertz CT molecular complexity index is 948. The molecule has 3 rings (SSSR count). The van der Waals surface area contributed by atoms with Crippen LogP contribution in [0.15, 0.2) is 36.5 Å². The van der Waals surface area contributed by atoms with Gasteiger partial charge in [-0.2, -0.15) is 0 Å². The van der Waals surface area contributed by atoms with Crippen LogP contribution in [0.3, 0.4) is 0 Å². The van der Waals surface area contributed by atoms with Crippen LogP contribution in [-0.4, -0.2) is 32.6 Å². The van der Waals surface area contributed by atoms with Crippen LogP contribution in [0, 0.1) is 13.8 Å². The van der Waals surface area contributed by atoms with E-state index in [-0.39, 0.29) is 11.7 Å². The fraction of sp³-hybridized carbons (Fsp3) is 0.300. The van der Waals surface area contributed by atoms with Crippen molar-refractivity contribution in [2.24, 2.45) is 0 Å². The molecule has 6 nitrogen and oxygen atoms in total. The molecule has 0 spiro atoms. The Morgan fingerprint density at radius 2 is 1.96 bits per heavy atom. The van der Waals surface area contributed by atoms with Crippen LogP contribution >= 0.6 is 0 Å². The SMILES string of the molecule is CNC(=O)c1cn2c(C)c(C)nc2c(O)c1CCC(O)c1ccccc1. The Morgan fingerprint density at radius 1 is 1.27 bits per heavy atom. The second-order valence-corrected chi connectivity index (χ2v) is 6.39. The van der Waals surface area contributed by atoms with Gasteiger partial charge in [0, 0.05) is 24.5 Å². The van der Waals surface area contributed by atoms with Gasteiger partial charge in [0.05, 0.1) is 17.4 Å². The predicted octanol–water partition coefficient (Wildman–Crippen LogP) is 2.68. The monoisotopic (exact) mass is 353 g/mol. The quantitative estimate of drug-likeness (QED) is 0.658. The summed E-state index contributed by atoms with van der Waals surface area (Å²) < 4.78 is 1.73. The van der Waals surface area contributed by atoms with Crippen molar-refractivity contribution >= 4 is 11.6 Å². The lowest BCUT2D eigenvalue weighted by molar-refractivity contribution is 0.0960. The van der Waals surface area contributed by atoms with Gasteiger partial charge < -0.3 is 19.9 Å². The minimum atomic E-state index is -0.674. The van der Waals surface area contributed by atoms with E-state index in [1.807, 2.05) is 44.2 Å². The average Bonchev–Trinajstić information content (AvgIpc) is 2.95. The molecule has 0 saturated heterocycles. The first-order valence-electron chi connectivity index (χ1n) is 8.59. The largest absolute Gasteiger partial charge is 0.504 e. The van der Waals surface area contributed by atoms with Crippen molar-refractivity contribution in [3.05, 3.63) is 64.6 Å². The summed E-state index contributed by atoms with van der Waals surface area (Å²) in [5.41, 5.74) is 3.79. The van der Waals surface area contributed by atoms with Crippen molar-refractivity contribution in [1.82, 2.24) is 14.7 Å². The molecule has 26 heavy (non-hydrogen) atoms. The van der Waals surface area contributed by atoms with Crippen molar-refractivity contribution in [3.8, 4) is 5.75 Å². The van der Waals surface area contributed by atoms with E-state index in [9.17, 15) is 15.0 Å². The normalized spacial score (nSPS) is 12.3. The molecule has 2 heterocycles. The minimum absolute atomic E-state index is 0.0115. The number of aryl methyl sites for hydroxylation is 2. The Morgan fingerprint density at radius 3 is 2.62 bits per heavy atom. The van der Waals surface area contributed by atoms with Crippen LogP contribution in [0.1, 0.15) is 45.4 Å². The van der Waals surface area contributed by atoms with Crippen LogP contribution in [0.4, 0.5) is 0 Å². The van der Waals surface area contributed by atoms with Gasteiger partial charge in [0.15, 0.2) is 11.4 Å². The molecule has 1 atom stereocenters. The molecule has 0 aliphatic heterocycles. The number of imidazole rings is 1. The maximum atomic E-state index is 12.3. The Labute approximate surface area is 152 Å². The fourth-order valence-electron chi connectivity index (χ4n) is 3.13. The highest BCUT2D eigenvalue weighted by atomic mass is 16.3. The third-order valence-corrected chi connectivity index (χ3v) is 4.79. The maximum Gasteiger partial charge on any atom is 0.252 e. The van der Waals surface area contributed by atoms with E-state index >= 15 is 0 Å². The Kier molecular flexibility index (Phi) is 4.95. The van der Waals surface area contributed by atoms with Crippen LogP contribution in [0.5, 0.6) is 5.75 Å². The van der Waals surface area contributed by atoms with Crippen molar-refractivity contribution in [1.29, 1.82) is 0 Å². The fourth-order valence-corrected chi connectivity index (χ4v) is 3.13. The summed E-state index contributed by atoms with van der Waals surface area (Å²) in [6.45, 7) is 3.75. The summed E-state index contributed by atoms with van der Waals surface area (Å²) in [6, 6.07) is 9.34. The van der Waals surface area contributed by atoms with E-state index in [4.69, 9.17) is 0 Å². The lowest BCUT2D eigenvalue weighted by atomic mass is 9.98. The number of rotatable bonds is 5. The number of benzene rings is 1. The first-order chi connectivity index (χ1) is 12.4. The summed E-state index contributed by atoms with van der Waals surface area (Å²) in [5, 5.41) is 23.8. The molecule has 0 radical (unpaired) electrons. The van der Waals surface area contributed by atoms with E-state index < -0.39 is 6.10 Å². The van der Waals surface area contributed by atoms with Gasteiger partial charge in [0.2, 0.25) is 0 Å². The number of carbonyl (C=O) groups is 1. The number of aliphatic hydroxyl groups excluding tert-OH is 1. The van der Waals surface area contributed by atoms with Crippen LogP contribution in [0.2, 0.25) is 0 Å². The van der Waals surface area contributed by atoms with Gasteiger partial charge in [0.1, 0.15) is 0 Å². The van der Waals surface area contributed by atoms with Gasteiger partial charge in [0.25, 0.3) is 5.91 Å². The number of carbonyl (C=O) groups excluding carboxylic acids is 1. The summed E-state index contributed by atoms with van der Waals surface area (Å²) in [7, 11) is 1.55. The molecule has 0 fully saturated rings. The standard InChI is InChI=1S/C20H23N3O3/c1-12-13(2)23-11-16(20(26)21-3)15(18(25)19(23)22-12)9-10-17(24)14-7-5-4-6-8-14/h4-8,11,17,24-25H,9-10H2,1-3H3,(H,21,26). The predicted molar refractivity (Wildman–Crippen MR) is 99.4 cm³/mol. The molecule has 3 N–H and O–H groups in total. The summed E-state index contributed by atoms with van der Waals surface area (Å²) in [4.78, 5) is 16.7. The highest BCUT2D eigenvalue weighted by molar-refractivity contribution is 5.96. The number of pyridine rings is 1. The van der Waals surface area contributed by atoms with Gasteiger partial charge in [-0.15, -0.1) is 0 Å². The molecule has 0 bridgehead atoms. The maximum absolute atomic E-state index is 12.3. The molecular formula is C20H23N3O3. The topological polar surface area (TPSA) is 86.9 Å². The molecular weight excluding hydrogens is 330 g/mol. The van der Waals surface area contributed by atoms with Crippen molar-refractivity contribution in [3.63, 3.8) is 0 Å². The molecule has 2 aromatic heterocycles. The molecule has 1 aromatic carbocycles. The zero-order chi connectivity index (χ0) is 18.8. The summed E-state index contributed by atoms with van der Waals surface area (Å²) in [5.74, 6) is -0.292. The molecule has 1 amide bonds. The third kappa shape index (κ3) is 3.15. The molecule has 0 aliphatic rings. The molecule has 0 aliphatic carbocycles. The van der Waals surface area contributed by atoms with E-state index in [2.05, 4.69) is 10.3 Å². The van der Waals surface area contributed by atoms with Crippen molar-refractivity contribution in [2.45, 2.75) is 32.8 Å². The zero-order valence-corrected chi connectivity index (χ0v) is 15.2. The minimum Gasteiger partial charge on any atom is -0.504 e. The van der Waals surface area contributed by atoms with Crippen LogP contribution in [-0.2, 0) is 6.42 Å². The molecule has 3 aromatic rings. The molecule has 0 saturated carbocycles. The smallest absolute Gasteiger partial charge is 0.252 e. The van der Waals surface area contributed by atoms with Crippen LogP contribution < -0.4 is 5.32 Å². The number of fused-ring (bicyclic) bond motifs is 1. The number of aromatic nitrogens is 2. The number of aromatic hydroxyl groups is 1.